The van der Waals surface area contributed by atoms with E-state index in [4.69, 9.17) is 4.74 Å². The highest BCUT2D eigenvalue weighted by atomic mass is 19.1. The van der Waals surface area contributed by atoms with E-state index in [9.17, 15) is 14.0 Å². The van der Waals surface area contributed by atoms with Gasteiger partial charge >= 0.3 is 5.97 Å². The van der Waals surface area contributed by atoms with Gasteiger partial charge < -0.3 is 14.6 Å². The molecule has 1 aliphatic heterocycles. The molecule has 0 radical (unpaired) electrons. The van der Waals surface area contributed by atoms with Crippen molar-refractivity contribution in [2.75, 3.05) is 5.32 Å². The average Bonchev–Trinajstić information content (AvgIpc) is 3.29. The first-order chi connectivity index (χ1) is 18.9. The number of para-hydroxylation sites is 1. The maximum Gasteiger partial charge on any atom is 0.330 e. The molecule has 4 aromatic rings. The minimum atomic E-state index is -0.338. The van der Waals surface area contributed by atoms with E-state index in [1.54, 1.807) is 12.1 Å². The lowest BCUT2D eigenvalue weighted by Crippen LogP contribution is -2.22. The summed E-state index contributed by atoms with van der Waals surface area (Å²) < 4.78 is 21.7. The molecule has 3 aromatic carbocycles. The lowest BCUT2D eigenvalue weighted by atomic mass is 9.94. The molecule has 1 N–H and O–H groups in total. The highest BCUT2D eigenvalue weighted by molar-refractivity contribution is 6.12. The average molecular weight is 523 g/mol. The lowest BCUT2D eigenvalue weighted by Gasteiger charge is -2.22. The third-order valence-corrected chi connectivity index (χ3v) is 6.90. The fraction of sp³-hybridized carbons (Fsp3) is 0.212. The number of ether oxygens (including phenoxy) is 1. The highest BCUT2D eigenvalue weighted by Crippen LogP contribution is 2.42. The van der Waals surface area contributed by atoms with E-state index < -0.39 is 0 Å². The fourth-order valence-electron chi connectivity index (χ4n) is 5.23. The zero-order valence-corrected chi connectivity index (χ0v) is 22.1. The second-order valence-electron chi connectivity index (χ2n) is 9.97. The van der Waals surface area contributed by atoms with Crippen LogP contribution >= 0.6 is 0 Å². The first-order valence-corrected chi connectivity index (χ1v) is 13.2. The summed E-state index contributed by atoms with van der Waals surface area (Å²) in [5.74, 6) is -0.885. The van der Waals surface area contributed by atoms with Gasteiger partial charge in [0, 0.05) is 42.4 Å². The molecule has 0 spiro atoms. The molecular weight excluding hydrogens is 491 g/mol. The van der Waals surface area contributed by atoms with Crippen LogP contribution in [0.1, 0.15) is 48.7 Å². The van der Waals surface area contributed by atoms with Crippen molar-refractivity contribution < 1.29 is 18.7 Å². The molecule has 0 aliphatic carbocycles. The number of carbonyl (C=O) groups excluding carboxylic acids is 2. The number of cyclic esters (lactones) is 1. The van der Waals surface area contributed by atoms with Crippen LogP contribution in [0.15, 0.2) is 97.1 Å². The van der Waals surface area contributed by atoms with E-state index in [-0.39, 0.29) is 29.7 Å². The number of carbonyl (C=O) groups is 2. The number of halogens is 1. The molecule has 2 heterocycles. The number of anilines is 1. The standard InChI is InChI=1S/C33H31FN2O3/c1-22(2)31-30(33(38)35-26-12-7-4-8-13-26)29(23-10-5-3-6-11-23)32(24-16-18-25(34)19-17-24)36(31)21-20-27-14-9-15-28(37)39-27/h3-13,15-19,22,27H,14,20-21H2,1-2H3,(H,35,38)/t27-/m1/s1. The zero-order valence-electron chi connectivity index (χ0n) is 22.1. The van der Waals surface area contributed by atoms with Crippen molar-refractivity contribution >= 4 is 17.6 Å². The molecule has 6 heteroatoms. The Balaban J connectivity index is 1.72. The van der Waals surface area contributed by atoms with Crippen molar-refractivity contribution in [2.45, 2.75) is 45.3 Å². The van der Waals surface area contributed by atoms with Gasteiger partial charge in [0.05, 0.1) is 11.3 Å². The van der Waals surface area contributed by atoms with Gasteiger partial charge in [0.15, 0.2) is 0 Å². The van der Waals surface area contributed by atoms with Crippen molar-refractivity contribution in [1.29, 1.82) is 0 Å². The third kappa shape index (κ3) is 5.70. The SMILES string of the molecule is CC(C)c1c(C(=O)Nc2ccccc2)c(-c2ccccc2)c(-c2ccc(F)cc2)n1CC[C@H]1CC=CC(=O)O1. The summed E-state index contributed by atoms with van der Waals surface area (Å²) in [6.07, 6.45) is 4.25. The molecule has 1 atom stereocenters. The van der Waals surface area contributed by atoms with Gasteiger partial charge in [-0.1, -0.05) is 68.5 Å². The van der Waals surface area contributed by atoms with Gasteiger partial charge in [-0.2, -0.15) is 0 Å². The van der Waals surface area contributed by atoms with Gasteiger partial charge in [-0.05, 0) is 53.4 Å². The van der Waals surface area contributed by atoms with Crippen molar-refractivity contribution in [2.24, 2.45) is 0 Å². The van der Waals surface area contributed by atoms with Crippen LogP contribution < -0.4 is 5.32 Å². The van der Waals surface area contributed by atoms with Gasteiger partial charge in [0.1, 0.15) is 11.9 Å². The van der Waals surface area contributed by atoms with E-state index in [0.29, 0.717) is 30.6 Å². The number of rotatable bonds is 8. The molecule has 39 heavy (non-hydrogen) atoms. The first kappa shape index (κ1) is 26.2. The van der Waals surface area contributed by atoms with E-state index in [2.05, 4.69) is 23.7 Å². The topological polar surface area (TPSA) is 60.3 Å². The van der Waals surface area contributed by atoms with Crippen molar-refractivity contribution in [3.63, 3.8) is 0 Å². The second kappa shape index (κ2) is 11.5. The summed E-state index contributed by atoms with van der Waals surface area (Å²) in [4.78, 5) is 26.0. The molecule has 0 saturated carbocycles. The Morgan fingerprint density at radius 3 is 2.28 bits per heavy atom. The van der Waals surface area contributed by atoms with Crippen LogP contribution in [0, 0.1) is 5.82 Å². The monoisotopic (exact) mass is 522 g/mol. The van der Waals surface area contributed by atoms with Gasteiger partial charge in [-0.3, -0.25) is 4.79 Å². The van der Waals surface area contributed by atoms with Gasteiger partial charge in [-0.25, -0.2) is 9.18 Å². The molecule has 0 bridgehead atoms. The number of nitrogens with zero attached hydrogens (tertiary/aromatic N) is 1. The fourth-order valence-corrected chi connectivity index (χ4v) is 5.23. The summed E-state index contributed by atoms with van der Waals surface area (Å²) in [5.41, 5.74) is 5.48. The van der Waals surface area contributed by atoms with E-state index >= 15 is 0 Å². The van der Waals surface area contributed by atoms with Crippen LogP contribution in [-0.4, -0.2) is 22.5 Å². The number of esters is 1. The third-order valence-electron chi connectivity index (χ3n) is 6.90. The number of hydrogen-bond acceptors (Lipinski definition) is 3. The lowest BCUT2D eigenvalue weighted by molar-refractivity contribution is -0.144. The molecule has 1 amide bonds. The quantitative estimate of drug-likeness (QED) is 0.242. The van der Waals surface area contributed by atoms with Crippen LogP contribution in [0.25, 0.3) is 22.4 Å². The Hall–Kier alpha value is -4.45. The largest absolute Gasteiger partial charge is 0.459 e. The molecule has 0 fully saturated rings. The summed E-state index contributed by atoms with van der Waals surface area (Å²) >= 11 is 0. The van der Waals surface area contributed by atoms with E-state index in [1.165, 1.54) is 18.2 Å². The van der Waals surface area contributed by atoms with Crippen molar-refractivity contribution in [3.8, 4) is 22.4 Å². The molecular formula is C33H31FN2O3. The molecule has 198 valence electrons. The second-order valence-corrected chi connectivity index (χ2v) is 9.97. The molecule has 1 aliphatic rings. The van der Waals surface area contributed by atoms with Gasteiger partial charge in [-0.15, -0.1) is 0 Å². The van der Waals surface area contributed by atoms with Gasteiger partial charge in [0.25, 0.3) is 5.91 Å². The summed E-state index contributed by atoms with van der Waals surface area (Å²) in [6, 6.07) is 25.6. The first-order valence-electron chi connectivity index (χ1n) is 13.2. The van der Waals surface area contributed by atoms with E-state index in [0.717, 1.165) is 28.1 Å². The highest BCUT2D eigenvalue weighted by Gasteiger charge is 2.31. The maximum atomic E-state index is 14.1. The van der Waals surface area contributed by atoms with Crippen molar-refractivity contribution in [3.05, 3.63) is 114 Å². The molecule has 5 nitrogen and oxygen atoms in total. The minimum Gasteiger partial charge on any atom is -0.459 e. The van der Waals surface area contributed by atoms with Crippen molar-refractivity contribution in [1.82, 2.24) is 4.57 Å². The normalized spacial score (nSPS) is 14.9. The Labute approximate surface area is 227 Å². The van der Waals surface area contributed by atoms with E-state index in [1.807, 2.05) is 66.7 Å². The molecule has 0 unspecified atom stereocenters. The number of aromatic nitrogens is 1. The summed E-state index contributed by atoms with van der Waals surface area (Å²) in [7, 11) is 0. The minimum absolute atomic E-state index is 0.00742. The Morgan fingerprint density at radius 2 is 1.64 bits per heavy atom. The smallest absolute Gasteiger partial charge is 0.330 e. The number of nitrogens with one attached hydrogen (secondary N) is 1. The predicted octanol–water partition coefficient (Wildman–Crippen LogP) is 7.60. The number of hydrogen-bond donors (Lipinski definition) is 1. The van der Waals surface area contributed by atoms with Gasteiger partial charge in [0.2, 0.25) is 0 Å². The number of amides is 1. The summed E-state index contributed by atoms with van der Waals surface area (Å²) in [6.45, 7) is 4.65. The summed E-state index contributed by atoms with van der Waals surface area (Å²) in [5, 5.41) is 3.09. The Morgan fingerprint density at radius 1 is 0.974 bits per heavy atom. The van der Waals surface area contributed by atoms with Crippen LogP contribution in [0.3, 0.4) is 0 Å². The predicted molar refractivity (Wildman–Crippen MR) is 152 cm³/mol. The Bertz CT molecular complexity index is 1490. The van der Waals surface area contributed by atoms with Crippen LogP contribution in [0.2, 0.25) is 0 Å². The Kier molecular flexibility index (Phi) is 7.73. The number of benzene rings is 3. The molecule has 1 aromatic heterocycles. The molecule has 0 saturated heterocycles. The van der Waals surface area contributed by atoms with Crippen LogP contribution in [0.5, 0.6) is 0 Å². The molecule has 5 rings (SSSR count). The van der Waals surface area contributed by atoms with Crippen LogP contribution in [-0.2, 0) is 16.1 Å². The maximum absolute atomic E-state index is 14.1. The zero-order chi connectivity index (χ0) is 27.4. The van der Waals surface area contributed by atoms with Crippen LogP contribution in [0.4, 0.5) is 10.1 Å².